The molecule has 1 aromatic carbocycles. The van der Waals surface area contributed by atoms with E-state index in [1.165, 1.54) is 11.8 Å². The molecule has 1 N–H and O–H groups in total. The number of anilines is 1. The molecule has 0 spiro atoms. The van der Waals surface area contributed by atoms with E-state index in [1.54, 1.807) is 38.3 Å². The molecule has 7 nitrogen and oxygen atoms in total. The van der Waals surface area contributed by atoms with Crippen LogP contribution in [0.25, 0.3) is 0 Å². The van der Waals surface area contributed by atoms with Crippen LogP contribution in [0.1, 0.15) is 30.6 Å². The molecule has 0 aliphatic heterocycles. The zero-order chi connectivity index (χ0) is 18.0. The molecule has 0 bridgehead atoms. The standard InChI is InChI=1S/C18H21N3O4/c1-11(21-17(22)9-12-5-4-6-14(12)20-21)18(23)19-13-7-8-15(24-2)16(10-13)25-3/h7-11H,4-6H2,1-3H3,(H,19,23). The summed E-state index contributed by atoms with van der Waals surface area (Å²) in [6.07, 6.45) is 2.72. The van der Waals surface area contributed by atoms with Gasteiger partial charge in [-0.15, -0.1) is 0 Å². The molecule has 1 aliphatic carbocycles. The topological polar surface area (TPSA) is 82.5 Å². The first-order valence-corrected chi connectivity index (χ1v) is 8.18. The Morgan fingerprint density at radius 3 is 2.68 bits per heavy atom. The maximum absolute atomic E-state index is 12.5. The molecular formula is C18H21N3O4. The minimum atomic E-state index is -0.716. The van der Waals surface area contributed by atoms with Gasteiger partial charge in [-0.3, -0.25) is 9.59 Å². The highest BCUT2D eigenvalue weighted by Gasteiger charge is 2.21. The van der Waals surface area contributed by atoms with Gasteiger partial charge in [-0.25, -0.2) is 4.68 Å². The Hall–Kier alpha value is -2.83. The van der Waals surface area contributed by atoms with E-state index in [4.69, 9.17) is 9.47 Å². The summed E-state index contributed by atoms with van der Waals surface area (Å²) in [6.45, 7) is 1.66. The third-order valence-corrected chi connectivity index (χ3v) is 4.38. The summed E-state index contributed by atoms with van der Waals surface area (Å²) in [5, 5.41) is 7.16. The lowest BCUT2D eigenvalue weighted by Gasteiger charge is -2.16. The average molecular weight is 343 g/mol. The molecule has 7 heteroatoms. The maximum Gasteiger partial charge on any atom is 0.267 e. The average Bonchev–Trinajstić information content (AvgIpc) is 3.07. The van der Waals surface area contributed by atoms with Gasteiger partial charge < -0.3 is 14.8 Å². The van der Waals surface area contributed by atoms with E-state index in [0.29, 0.717) is 17.2 Å². The largest absolute Gasteiger partial charge is 0.493 e. The first-order valence-electron chi connectivity index (χ1n) is 8.18. The van der Waals surface area contributed by atoms with Gasteiger partial charge in [0, 0.05) is 17.8 Å². The maximum atomic E-state index is 12.5. The Labute approximate surface area is 145 Å². The fraction of sp³-hybridized carbons (Fsp3) is 0.389. The number of carbonyl (C=O) groups is 1. The number of benzene rings is 1. The number of rotatable bonds is 5. The zero-order valence-corrected chi connectivity index (χ0v) is 14.5. The second-order valence-corrected chi connectivity index (χ2v) is 5.99. The van der Waals surface area contributed by atoms with Crippen molar-refractivity contribution in [1.82, 2.24) is 9.78 Å². The fourth-order valence-corrected chi connectivity index (χ4v) is 2.96. The van der Waals surface area contributed by atoms with Crippen molar-refractivity contribution < 1.29 is 14.3 Å². The van der Waals surface area contributed by atoms with Gasteiger partial charge in [-0.05, 0) is 43.9 Å². The van der Waals surface area contributed by atoms with Gasteiger partial charge in [-0.2, -0.15) is 5.10 Å². The van der Waals surface area contributed by atoms with Gasteiger partial charge in [0.2, 0.25) is 5.91 Å². The van der Waals surface area contributed by atoms with E-state index < -0.39 is 6.04 Å². The molecule has 1 atom stereocenters. The van der Waals surface area contributed by atoms with E-state index in [2.05, 4.69) is 10.4 Å². The molecule has 132 valence electrons. The first kappa shape index (κ1) is 17.0. The number of aromatic nitrogens is 2. The number of nitrogens with zero attached hydrogens (tertiary/aromatic N) is 2. The number of nitrogens with one attached hydrogen (secondary N) is 1. The third-order valence-electron chi connectivity index (χ3n) is 4.38. The predicted octanol–water partition coefficient (Wildman–Crippen LogP) is 1.95. The van der Waals surface area contributed by atoms with Crippen LogP contribution in [0, 0.1) is 0 Å². The van der Waals surface area contributed by atoms with Gasteiger partial charge in [-0.1, -0.05) is 0 Å². The monoisotopic (exact) mass is 343 g/mol. The molecule has 2 aromatic rings. The van der Waals surface area contributed by atoms with Crippen molar-refractivity contribution in [3.63, 3.8) is 0 Å². The van der Waals surface area contributed by atoms with Crippen molar-refractivity contribution in [2.24, 2.45) is 0 Å². The van der Waals surface area contributed by atoms with Crippen LogP contribution in [-0.4, -0.2) is 29.9 Å². The van der Waals surface area contributed by atoms with Crippen molar-refractivity contribution in [3.8, 4) is 11.5 Å². The Morgan fingerprint density at radius 2 is 1.96 bits per heavy atom. The number of hydrogen-bond donors (Lipinski definition) is 1. The SMILES string of the molecule is COc1ccc(NC(=O)C(C)n2nc3c(cc2=O)CCC3)cc1OC. The summed E-state index contributed by atoms with van der Waals surface area (Å²) in [5.41, 5.74) is 2.21. The lowest BCUT2D eigenvalue weighted by atomic mass is 10.2. The van der Waals surface area contributed by atoms with Crippen molar-refractivity contribution in [2.75, 3.05) is 19.5 Å². The highest BCUT2D eigenvalue weighted by Crippen LogP contribution is 2.30. The summed E-state index contributed by atoms with van der Waals surface area (Å²) < 4.78 is 11.7. The van der Waals surface area contributed by atoms with Crippen LogP contribution in [0.15, 0.2) is 29.1 Å². The second-order valence-electron chi connectivity index (χ2n) is 5.99. The molecular weight excluding hydrogens is 322 g/mol. The van der Waals surface area contributed by atoms with Gasteiger partial charge in [0.25, 0.3) is 5.56 Å². The lowest BCUT2D eigenvalue weighted by Crippen LogP contribution is -2.34. The van der Waals surface area contributed by atoms with Crippen LogP contribution in [0.2, 0.25) is 0 Å². The summed E-state index contributed by atoms with van der Waals surface area (Å²) >= 11 is 0. The van der Waals surface area contributed by atoms with Crippen molar-refractivity contribution in [3.05, 3.63) is 45.9 Å². The molecule has 1 heterocycles. The van der Waals surface area contributed by atoms with Crippen LogP contribution in [-0.2, 0) is 17.6 Å². The number of hydrogen-bond acceptors (Lipinski definition) is 5. The van der Waals surface area contributed by atoms with Crippen LogP contribution >= 0.6 is 0 Å². The quantitative estimate of drug-likeness (QED) is 0.897. The van der Waals surface area contributed by atoms with E-state index in [0.717, 1.165) is 30.5 Å². The summed E-state index contributed by atoms with van der Waals surface area (Å²) in [4.78, 5) is 24.8. The molecule has 25 heavy (non-hydrogen) atoms. The fourth-order valence-electron chi connectivity index (χ4n) is 2.96. The Morgan fingerprint density at radius 1 is 1.20 bits per heavy atom. The third kappa shape index (κ3) is 3.35. The summed E-state index contributed by atoms with van der Waals surface area (Å²) in [6, 6.07) is 5.97. The Bertz CT molecular complexity index is 860. The molecule has 3 rings (SSSR count). The molecule has 1 aromatic heterocycles. The molecule has 1 unspecified atom stereocenters. The van der Waals surface area contributed by atoms with Crippen LogP contribution < -0.4 is 20.3 Å². The Kier molecular flexibility index (Phi) is 4.74. The van der Waals surface area contributed by atoms with E-state index in [1.807, 2.05) is 0 Å². The zero-order valence-electron chi connectivity index (χ0n) is 14.5. The van der Waals surface area contributed by atoms with Crippen LogP contribution in [0.3, 0.4) is 0 Å². The van der Waals surface area contributed by atoms with Crippen molar-refractivity contribution in [1.29, 1.82) is 0 Å². The first-order chi connectivity index (χ1) is 12.0. The minimum Gasteiger partial charge on any atom is -0.493 e. The molecule has 1 amide bonds. The normalized spacial score (nSPS) is 13.9. The van der Waals surface area contributed by atoms with E-state index in [9.17, 15) is 9.59 Å². The number of fused-ring (bicyclic) bond motifs is 1. The second kappa shape index (κ2) is 6.96. The van der Waals surface area contributed by atoms with Gasteiger partial charge in [0.1, 0.15) is 6.04 Å². The molecule has 0 radical (unpaired) electrons. The van der Waals surface area contributed by atoms with Crippen molar-refractivity contribution >= 4 is 11.6 Å². The van der Waals surface area contributed by atoms with Gasteiger partial charge in [0.05, 0.1) is 19.9 Å². The van der Waals surface area contributed by atoms with Gasteiger partial charge in [0.15, 0.2) is 11.5 Å². The highest BCUT2D eigenvalue weighted by molar-refractivity contribution is 5.93. The molecule has 0 saturated heterocycles. The van der Waals surface area contributed by atoms with Crippen LogP contribution in [0.4, 0.5) is 5.69 Å². The Balaban J connectivity index is 1.81. The predicted molar refractivity (Wildman–Crippen MR) is 93.4 cm³/mol. The number of carbonyl (C=O) groups excluding carboxylic acids is 1. The van der Waals surface area contributed by atoms with Gasteiger partial charge >= 0.3 is 0 Å². The van der Waals surface area contributed by atoms with Crippen molar-refractivity contribution in [2.45, 2.75) is 32.2 Å². The summed E-state index contributed by atoms with van der Waals surface area (Å²) in [5.74, 6) is 0.769. The lowest BCUT2D eigenvalue weighted by molar-refractivity contribution is -0.119. The molecule has 1 aliphatic rings. The number of aryl methyl sites for hydroxylation is 2. The van der Waals surface area contributed by atoms with E-state index >= 15 is 0 Å². The minimum absolute atomic E-state index is 0.254. The number of amides is 1. The highest BCUT2D eigenvalue weighted by atomic mass is 16.5. The molecule has 0 saturated carbocycles. The summed E-state index contributed by atoms with van der Waals surface area (Å²) in [7, 11) is 3.07. The smallest absolute Gasteiger partial charge is 0.267 e. The molecule has 0 fully saturated rings. The number of ether oxygens (including phenoxy) is 2. The van der Waals surface area contributed by atoms with E-state index in [-0.39, 0.29) is 11.5 Å². The number of methoxy groups -OCH3 is 2. The van der Waals surface area contributed by atoms with Crippen LogP contribution in [0.5, 0.6) is 11.5 Å².